The van der Waals surface area contributed by atoms with Gasteiger partial charge in [-0.2, -0.15) is 0 Å². The van der Waals surface area contributed by atoms with Crippen LogP contribution in [-0.4, -0.2) is 28.0 Å². The molecular formula is C19H19ClN4O2. The zero-order valence-corrected chi connectivity index (χ0v) is 15.3. The van der Waals surface area contributed by atoms with E-state index in [2.05, 4.69) is 20.1 Å². The Kier molecular flexibility index (Phi) is 5.38. The van der Waals surface area contributed by atoms with Gasteiger partial charge in [-0.05, 0) is 18.1 Å². The van der Waals surface area contributed by atoms with E-state index in [9.17, 15) is 4.79 Å². The molecule has 0 aliphatic heterocycles. The number of nitrogens with one attached hydrogen (secondary N) is 1. The molecule has 1 aromatic carbocycles. The number of ether oxygens (including phenoxy) is 1. The fourth-order valence-electron chi connectivity index (χ4n) is 2.64. The highest BCUT2D eigenvalue weighted by Gasteiger charge is 2.32. The van der Waals surface area contributed by atoms with Crippen LogP contribution in [0.1, 0.15) is 48.8 Å². The third-order valence-corrected chi connectivity index (χ3v) is 4.57. The molecule has 3 rings (SSSR count). The fourth-order valence-corrected chi connectivity index (χ4v) is 2.85. The van der Waals surface area contributed by atoms with Crippen LogP contribution in [0.5, 0.6) is 5.75 Å². The summed E-state index contributed by atoms with van der Waals surface area (Å²) in [5, 5.41) is 3.32. The number of hydrogen-bond donors (Lipinski definition) is 1. The predicted molar refractivity (Wildman–Crippen MR) is 98.7 cm³/mol. The highest BCUT2D eigenvalue weighted by atomic mass is 35.5. The summed E-state index contributed by atoms with van der Waals surface area (Å²) in [6.45, 7) is 11.0. The molecule has 0 spiro atoms. The van der Waals surface area contributed by atoms with E-state index < -0.39 is 0 Å². The van der Waals surface area contributed by atoms with Gasteiger partial charge in [0.15, 0.2) is 0 Å². The number of benzene rings is 1. The number of carbonyl (C=O) groups excluding carboxylic acids is 1. The Morgan fingerprint density at radius 3 is 2.69 bits per heavy atom. The van der Waals surface area contributed by atoms with Gasteiger partial charge < -0.3 is 10.1 Å². The van der Waals surface area contributed by atoms with Crippen LogP contribution in [0.15, 0.2) is 30.6 Å². The summed E-state index contributed by atoms with van der Waals surface area (Å²) in [5.41, 5.74) is 1.59. The Morgan fingerprint density at radius 2 is 2.12 bits per heavy atom. The van der Waals surface area contributed by atoms with Crippen LogP contribution in [0.4, 0.5) is 5.69 Å². The van der Waals surface area contributed by atoms with Gasteiger partial charge >= 0.3 is 0 Å². The lowest BCUT2D eigenvalue weighted by Gasteiger charge is -2.35. The van der Waals surface area contributed by atoms with Crippen LogP contribution < -0.4 is 10.1 Å². The summed E-state index contributed by atoms with van der Waals surface area (Å²) in [5.74, 6) is 0.689. The van der Waals surface area contributed by atoms with Crippen LogP contribution in [0, 0.1) is 6.57 Å². The predicted octanol–water partition coefficient (Wildman–Crippen LogP) is 4.14. The van der Waals surface area contributed by atoms with Crippen molar-refractivity contribution in [2.45, 2.75) is 44.8 Å². The maximum Gasteiger partial charge on any atom is 0.271 e. The lowest BCUT2D eigenvalue weighted by molar-refractivity contribution is 0.0697. The molecule has 2 aromatic rings. The highest BCUT2D eigenvalue weighted by Crippen LogP contribution is 2.32. The first kappa shape index (κ1) is 18.2. The molecule has 1 aliphatic carbocycles. The minimum Gasteiger partial charge on any atom is -0.490 e. The second-order valence-corrected chi connectivity index (χ2v) is 7.00. The Morgan fingerprint density at radius 1 is 1.35 bits per heavy atom. The maximum absolute atomic E-state index is 12.2. The molecule has 7 heteroatoms. The van der Waals surface area contributed by atoms with Crippen molar-refractivity contribution in [3.8, 4) is 5.75 Å². The van der Waals surface area contributed by atoms with E-state index in [4.69, 9.17) is 22.9 Å². The Labute approximate surface area is 157 Å². The first-order chi connectivity index (χ1) is 12.5. The van der Waals surface area contributed by atoms with E-state index in [1.165, 1.54) is 6.20 Å². The second-order valence-electron chi connectivity index (χ2n) is 6.59. The van der Waals surface area contributed by atoms with E-state index in [1.807, 2.05) is 13.8 Å². The quantitative estimate of drug-likeness (QED) is 0.803. The first-order valence-electron chi connectivity index (χ1n) is 8.42. The van der Waals surface area contributed by atoms with Gasteiger partial charge in [-0.25, -0.2) is 9.83 Å². The highest BCUT2D eigenvalue weighted by molar-refractivity contribution is 6.33. The second kappa shape index (κ2) is 7.71. The number of hydrogen-bond acceptors (Lipinski definition) is 4. The maximum atomic E-state index is 12.2. The molecule has 1 aliphatic rings. The first-order valence-corrected chi connectivity index (χ1v) is 8.80. The van der Waals surface area contributed by atoms with Crippen molar-refractivity contribution in [1.29, 1.82) is 0 Å². The fraction of sp³-hybridized carbons (Fsp3) is 0.368. The van der Waals surface area contributed by atoms with Crippen LogP contribution in [-0.2, 0) is 0 Å². The van der Waals surface area contributed by atoms with Crippen LogP contribution in [0.25, 0.3) is 4.85 Å². The Bertz CT molecular complexity index is 840. The summed E-state index contributed by atoms with van der Waals surface area (Å²) in [6, 6.07) is 5.07. The van der Waals surface area contributed by atoms with Gasteiger partial charge in [-0.3, -0.25) is 9.78 Å². The Hall–Kier alpha value is -2.65. The molecule has 0 unspecified atom stereocenters. The average molecular weight is 371 g/mol. The van der Waals surface area contributed by atoms with E-state index in [0.29, 0.717) is 35.0 Å². The van der Waals surface area contributed by atoms with Crippen molar-refractivity contribution in [1.82, 2.24) is 15.3 Å². The molecule has 1 aromatic heterocycles. The Balaban J connectivity index is 1.48. The zero-order valence-electron chi connectivity index (χ0n) is 14.6. The topological polar surface area (TPSA) is 68.5 Å². The third-order valence-electron chi connectivity index (χ3n) is 4.27. The third kappa shape index (κ3) is 4.12. The average Bonchev–Trinajstić information content (AvgIpc) is 2.60. The summed E-state index contributed by atoms with van der Waals surface area (Å²) in [4.78, 5) is 24.0. The van der Waals surface area contributed by atoms with Gasteiger partial charge in [-0.1, -0.05) is 31.5 Å². The summed E-state index contributed by atoms with van der Waals surface area (Å²) in [6.07, 6.45) is 4.60. The molecule has 1 saturated carbocycles. The SMILES string of the molecule is [C-]#[N+]c1ccc(OC2CC(NC(=O)c3cnc(C(C)C)cn3)C2)cc1Cl. The van der Waals surface area contributed by atoms with Crippen molar-refractivity contribution < 1.29 is 9.53 Å². The lowest BCUT2D eigenvalue weighted by Crippen LogP contribution is -2.49. The van der Waals surface area contributed by atoms with E-state index in [0.717, 1.165) is 5.69 Å². The van der Waals surface area contributed by atoms with Crippen LogP contribution in [0.2, 0.25) is 5.02 Å². The summed E-state index contributed by atoms with van der Waals surface area (Å²) in [7, 11) is 0. The zero-order chi connectivity index (χ0) is 18.7. The molecule has 26 heavy (non-hydrogen) atoms. The van der Waals surface area contributed by atoms with E-state index >= 15 is 0 Å². The van der Waals surface area contributed by atoms with Gasteiger partial charge in [-0.15, -0.1) is 0 Å². The monoisotopic (exact) mass is 370 g/mol. The number of rotatable bonds is 5. The van der Waals surface area contributed by atoms with Crippen molar-refractivity contribution in [2.24, 2.45) is 0 Å². The molecule has 1 amide bonds. The molecule has 1 fully saturated rings. The number of halogens is 1. The van der Waals surface area contributed by atoms with Crippen molar-refractivity contribution in [3.05, 3.63) is 58.4 Å². The smallest absolute Gasteiger partial charge is 0.271 e. The van der Waals surface area contributed by atoms with Crippen LogP contribution >= 0.6 is 11.6 Å². The van der Waals surface area contributed by atoms with Gasteiger partial charge in [0.1, 0.15) is 17.5 Å². The van der Waals surface area contributed by atoms with Gasteiger partial charge in [0.25, 0.3) is 5.91 Å². The molecule has 1 N–H and O–H groups in total. The van der Waals surface area contributed by atoms with Crippen LogP contribution in [0.3, 0.4) is 0 Å². The molecule has 6 nitrogen and oxygen atoms in total. The molecule has 134 valence electrons. The minimum atomic E-state index is -0.222. The standard InChI is InChI=1S/C19H19ClN4O2/c1-11(2)17-9-23-18(10-22-17)19(25)24-12-6-14(7-12)26-13-4-5-16(21-3)15(20)8-13/h4-5,8-12,14H,6-7H2,1-2H3,(H,24,25). The summed E-state index contributed by atoms with van der Waals surface area (Å²) < 4.78 is 5.82. The van der Waals surface area contributed by atoms with Gasteiger partial charge in [0.05, 0.1) is 23.5 Å². The lowest BCUT2D eigenvalue weighted by atomic mass is 9.89. The number of aromatic nitrogens is 2. The largest absolute Gasteiger partial charge is 0.490 e. The number of amides is 1. The van der Waals surface area contributed by atoms with E-state index in [1.54, 1.807) is 24.4 Å². The molecule has 1 heterocycles. The number of carbonyl (C=O) groups is 1. The minimum absolute atomic E-state index is 0.0181. The van der Waals surface area contributed by atoms with Crippen molar-refractivity contribution in [2.75, 3.05) is 0 Å². The molecule has 0 saturated heterocycles. The molecular weight excluding hydrogens is 352 g/mol. The van der Waals surface area contributed by atoms with Gasteiger partial charge in [0.2, 0.25) is 5.69 Å². The summed E-state index contributed by atoms with van der Waals surface area (Å²) >= 11 is 6.01. The molecule has 0 bridgehead atoms. The molecule has 0 atom stereocenters. The van der Waals surface area contributed by atoms with Gasteiger partial charge in [0, 0.05) is 25.1 Å². The normalized spacial score (nSPS) is 18.7. The molecule has 0 radical (unpaired) electrons. The van der Waals surface area contributed by atoms with E-state index in [-0.39, 0.29) is 24.0 Å². The van der Waals surface area contributed by atoms with Crippen molar-refractivity contribution in [3.63, 3.8) is 0 Å². The van der Waals surface area contributed by atoms with Crippen molar-refractivity contribution >= 4 is 23.2 Å². The number of nitrogens with zero attached hydrogens (tertiary/aromatic N) is 3.